The summed E-state index contributed by atoms with van der Waals surface area (Å²) in [7, 11) is 0. The summed E-state index contributed by atoms with van der Waals surface area (Å²) in [5.41, 5.74) is 15.0. The number of hydrogen-bond acceptors (Lipinski definition) is 10. The third-order valence-electron chi connectivity index (χ3n) is 8.28. The van der Waals surface area contributed by atoms with Crippen molar-refractivity contribution in [2.75, 3.05) is 17.2 Å². The van der Waals surface area contributed by atoms with Crippen LogP contribution < -0.4 is 26.8 Å². The van der Waals surface area contributed by atoms with Crippen LogP contribution in [-0.4, -0.2) is 68.9 Å². The molecule has 0 atom stereocenters. The predicted molar refractivity (Wildman–Crippen MR) is 200 cm³/mol. The summed E-state index contributed by atoms with van der Waals surface area (Å²) in [6.07, 6.45) is 4.43. The molecule has 17 nitrogen and oxygen atoms in total. The van der Waals surface area contributed by atoms with Crippen molar-refractivity contribution < 1.29 is 23.9 Å². The smallest absolute Gasteiger partial charge is 0.276 e. The highest BCUT2D eigenvalue weighted by atomic mass is 32.1. The molecule has 0 saturated carbocycles. The zero-order valence-corrected chi connectivity index (χ0v) is 30.8. The molecule has 0 spiro atoms. The number of carbonyl (C=O) groups is 4. The quantitative estimate of drug-likeness (QED) is 0.110. The highest BCUT2D eigenvalue weighted by Crippen LogP contribution is 2.32. The Hall–Kier alpha value is -6.30. The first kappa shape index (κ1) is 36.5. The lowest BCUT2D eigenvalue weighted by atomic mass is 10.1. The van der Waals surface area contributed by atoms with Gasteiger partial charge in [0, 0.05) is 31.7 Å². The Balaban J connectivity index is 1.36. The number of primary amides is 2. The summed E-state index contributed by atoms with van der Waals surface area (Å²) in [6, 6.07) is 8.12. The molecule has 0 radical (unpaired) electrons. The van der Waals surface area contributed by atoms with Crippen LogP contribution in [0.25, 0.3) is 21.4 Å². The minimum atomic E-state index is -0.646. The highest BCUT2D eigenvalue weighted by Gasteiger charge is 2.23. The van der Waals surface area contributed by atoms with Crippen molar-refractivity contribution in [3.05, 3.63) is 75.7 Å². The fourth-order valence-corrected chi connectivity index (χ4v) is 6.86. The zero-order chi connectivity index (χ0) is 38.0. The van der Waals surface area contributed by atoms with Crippen molar-refractivity contribution in [2.45, 2.75) is 67.2 Å². The van der Waals surface area contributed by atoms with Gasteiger partial charge in [0.1, 0.15) is 33.0 Å². The molecule has 53 heavy (non-hydrogen) atoms. The average Bonchev–Trinajstić information content (AvgIpc) is 3.94. The van der Waals surface area contributed by atoms with Crippen molar-refractivity contribution in [3.8, 4) is 5.75 Å². The summed E-state index contributed by atoms with van der Waals surface area (Å²) in [5, 5.41) is 14.6. The molecule has 0 unspecified atom stereocenters. The van der Waals surface area contributed by atoms with Crippen LogP contribution in [-0.2, 0) is 26.2 Å². The number of anilines is 2. The number of amides is 4. The number of nitrogens with zero attached hydrogens (tertiary/aromatic N) is 8. The lowest BCUT2D eigenvalue weighted by Crippen LogP contribution is -2.20. The number of thiophene rings is 1. The van der Waals surface area contributed by atoms with Crippen LogP contribution >= 0.6 is 11.3 Å². The summed E-state index contributed by atoms with van der Waals surface area (Å²) in [6.45, 7) is 11.2. The third kappa shape index (κ3) is 7.39. The van der Waals surface area contributed by atoms with E-state index in [9.17, 15) is 19.2 Å². The van der Waals surface area contributed by atoms with Crippen LogP contribution in [0.15, 0.2) is 42.5 Å². The highest BCUT2D eigenvalue weighted by molar-refractivity contribution is 7.20. The Kier molecular flexibility index (Phi) is 10.4. The second-order valence-corrected chi connectivity index (χ2v) is 13.2. The molecule has 6 aromatic rings. The number of carbonyl (C=O) groups excluding carboxylic acids is 4. The second-order valence-electron chi connectivity index (χ2n) is 12.2. The lowest BCUT2D eigenvalue weighted by Gasteiger charge is -2.12. The lowest BCUT2D eigenvalue weighted by molar-refractivity contribution is 0.0993. The zero-order valence-electron chi connectivity index (χ0n) is 30.0. The van der Waals surface area contributed by atoms with Crippen LogP contribution in [0.3, 0.4) is 0 Å². The van der Waals surface area contributed by atoms with Gasteiger partial charge >= 0.3 is 0 Å². The minimum absolute atomic E-state index is 0.210. The van der Waals surface area contributed by atoms with Gasteiger partial charge in [-0.2, -0.15) is 10.2 Å². The Bertz CT molecular complexity index is 2410. The standard InChI is InChI=1S/C35H40N12O5S/c1-6-13-52-26-17-21(29(36)48)16-22-28(26)44(34(38-22)40-31(50)24-14-19(4)42-46(24)7-2)11-9-10-12-45-33-23(18-27(53-33)30(37)49)39-35(45)41-32(51)25-15-20(5)43-47(25)8-3/h9-10,14-18H,6-8,11-13H2,1-5H3,(H2,36,48)(H2,37,49)(H,38,40,50)(H,39,41,51)/b10-9+. The number of hydrogen-bond donors (Lipinski definition) is 4. The molecule has 276 valence electrons. The van der Waals surface area contributed by atoms with E-state index in [1.54, 1.807) is 48.8 Å². The molecule has 0 aliphatic heterocycles. The van der Waals surface area contributed by atoms with E-state index in [1.165, 1.54) is 11.3 Å². The van der Waals surface area contributed by atoms with E-state index in [0.717, 1.165) is 0 Å². The van der Waals surface area contributed by atoms with Gasteiger partial charge in [0.15, 0.2) is 0 Å². The Labute approximate surface area is 307 Å². The van der Waals surface area contributed by atoms with E-state index in [4.69, 9.17) is 21.2 Å². The summed E-state index contributed by atoms with van der Waals surface area (Å²) >= 11 is 1.17. The molecule has 4 amide bonds. The first-order valence-corrected chi connectivity index (χ1v) is 17.9. The molecule has 0 bridgehead atoms. The Morgan fingerprint density at radius 2 is 1.34 bits per heavy atom. The first-order valence-electron chi connectivity index (χ1n) is 17.1. The number of nitrogens with two attached hydrogens (primary N) is 2. The van der Waals surface area contributed by atoms with Gasteiger partial charge < -0.3 is 20.8 Å². The van der Waals surface area contributed by atoms with E-state index < -0.39 is 17.7 Å². The maximum absolute atomic E-state index is 13.6. The monoisotopic (exact) mass is 740 g/mol. The maximum Gasteiger partial charge on any atom is 0.276 e. The van der Waals surface area contributed by atoms with E-state index in [1.807, 2.05) is 46.8 Å². The van der Waals surface area contributed by atoms with Gasteiger partial charge in [0.25, 0.3) is 17.7 Å². The van der Waals surface area contributed by atoms with E-state index >= 15 is 0 Å². The normalized spacial score (nSPS) is 11.6. The number of rotatable bonds is 15. The van der Waals surface area contributed by atoms with E-state index in [2.05, 4.69) is 25.8 Å². The van der Waals surface area contributed by atoms with Crippen LogP contribution in [0.1, 0.15) is 79.6 Å². The van der Waals surface area contributed by atoms with Crippen LogP contribution in [0.2, 0.25) is 0 Å². The number of aromatic nitrogens is 8. The number of ether oxygens (including phenoxy) is 1. The van der Waals surface area contributed by atoms with Crippen LogP contribution in [0, 0.1) is 13.8 Å². The summed E-state index contributed by atoms with van der Waals surface area (Å²) in [4.78, 5) is 61.5. The number of fused-ring (bicyclic) bond motifs is 2. The van der Waals surface area contributed by atoms with Gasteiger partial charge in [-0.15, -0.1) is 11.3 Å². The summed E-state index contributed by atoms with van der Waals surface area (Å²) < 4.78 is 12.8. The van der Waals surface area contributed by atoms with E-state index in [0.29, 0.717) is 80.9 Å². The topological polar surface area (TPSA) is 225 Å². The third-order valence-corrected chi connectivity index (χ3v) is 9.44. The summed E-state index contributed by atoms with van der Waals surface area (Å²) in [5.74, 6) is -1.15. The second kappa shape index (κ2) is 15.1. The molecule has 0 aliphatic carbocycles. The first-order chi connectivity index (χ1) is 25.4. The van der Waals surface area contributed by atoms with Gasteiger partial charge in [-0.25, -0.2) is 9.97 Å². The van der Waals surface area contributed by atoms with Gasteiger partial charge in [-0.3, -0.25) is 43.7 Å². The van der Waals surface area contributed by atoms with Gasteiger partial charge in [0.2, 0.25) is 17.8 Å². The van der Waals surface area contributed by atoms with Crippen molar-refractivity contribution in [2.24, 2.45) is 11.5 Å². The Morgan fingerprint density at radius 3 is 1.89 bits per heavy atom. The molecular formula is C35H40N12O5S. The van der Waals surface area contributed by atoms with E-state index in [-0.39, 0.29) is 36.5 Å². The number of benzene rings is 1. The maximum atomic E-state index is 13.6. The number of imidazole rings is 2. The van der Waals surface area contributed by atoms with Crippen LogP contribution in [0.5, 0.6) is 5.75 Å². The molecule has 0 aliphatic rings. The molecule has 0 fully saturated rings. The largest absolute Gasteiger partial charge is 0.491 e. The van der Waals surface area contributed by atoms with Gasteiger partial charge in [-0.1, -0.05) is 19.1 Å². The van der Waals surface area contributed by atoms with Crippen molar-refractivity contribution in [1.29, 1.82) is 0 Å². The molecule has 5 heterocycles. The molecule has 6 rings (SSSR count). The SMILES string of the molecule is CCCOc1cc(C(N)=O)cc2nc(NC(=O)c3cc(C)nn3CC)n(C/C=C/Cn3c(NC(=O)c4cc(C)nn4CC)nc4cc(C(N)=O)sc43)c12. The fraction of sp³-hybridized carbons (Fsp3) is 0.314. The average molecular weight is 741 g/mol. The molecule has 0 saturated heterocycles. The molecule has 1 aromatic carbocycles. The van der Waals surface area contributed by atoms with Crippen molar-refractivity contribution >= 4 is 68.2 Å². The number of allylic oxidation sites excluding steroid dienone is 2. The molecule has 5 aromatic heterocycles. The minimum Gasteiger partial charge on any atom is -0.491 e. The van der Waals surface area contributed by atoms with Crippen molar-refractivity contribution in [1.82, 2.24) is 38.7 Å². The van der Waals surface area contributed by atoms with Gasteiger partial charge in [-0.05, 0) is 64.4 Å². The van der Waals surface area contributed by atoms with Crippen LogP contribution in [0.4, 0.5) is 11.9 Å². The number of aryl methyl sites for hydroxylation is 4. The number of nitrogens with one attached hydrogen (secondary N) is 2. The predicted octanol–water partition coefficient (Wildman–Crippen LogP) is 4.24. The molecular weight excluding hydrogens is 701 g/mol. The van der Waals surface area contributed by atoms with Gasteiger partial charge in [0.05, 0.1) is 28.4 Å². The molecule has 6 N–H and O–H groups in total. The molecule has 18 heteroatoms. The van der Waals surface area contributed by atoms with Crippen molar-refractivity contribution in [3.63, 3.8) is 0 Å². The Morgan fingerprint density at radius 1 is 0.774 bits per heavy atom. The fourth-order valence-electron chi connectivity index (χ4n) is 5.90.